The van der Waals surface area contributed by atoms with E-state index in [1.807, 2.05) is 20.8 Å². The molecule has 0 amide bonds. The summed E-state index contributed by atoms with van der Waals surface area (Å²) in [6.45, 7) is 6.33. The van der Waals surface area contributed by atoms with E-state index in [1.54, 1.807) is 30.3 Å². The van der Waals surface area contributed by atoms with Crippen molar-refractivity contribution >= 4 is 35.6 Å². The van der Waals surface area contributed by atoms with Crippen molar-refractivity contribution in [3.8, 4) is 28.0 Å². The topological polar surface area (TPSA) is 45.2 Å². The van der Waals surface area contributed by atoms with Crippen LogP contribution in [0, 0.1) is 0 Å². The number of hydrogen-bond acceptors (Lipinski definition) is 3. The number of aromatic nitrogens is 1. The molecule has 0 aliphatic heterocycles. The van der Waals surface area contributed by atoms with Gasteiger partial charge in [0.1, 0.15) is 11.4 Å². The summed E-state index contributed by atoms with van der Waals surface area (Å²) in [6.07, 6.45) is -3.34. The van der Waals surface area contributed by atoms with Crippen LogP contribution in [0.2, 0.25) is 10.0 Å². The molecule has 32 heavy (non-hydrogen) atoms. The number of pyridine rings is 1. The van der Waals surface area contributed by atoms with E-state index in [1.165, 1.54) is 12.3 Å². The molecule has 0 fully saturated rings. The molecule has 0 bridgehead atoms. The lowest BCUT2D eigenvalue weighted by Crippen LogP contribution is -2.35. The summed E-state index contributed by atoms with van der Waals surface area (Å²) in [5.74, 6) is 0.0544. The average Bonchev–Trinajstić information content (AvgIpc) is 2.68. The Labute approximate surface area is 201 Å². The van der Waals surface area contributed by atoms with Gasteiger partial charge in [-0.1, -0.05) is 35.3 Å². The van der Waals surface area contributed by atoms with Crippen LogP contribution in [0.15, 0.2) is 48.7 Å². The first kappa shape index (κ1) is 26.3. The SMILES string of the molecule is CC(C)(C)NCc1cc(-c2ccc(C(F)(F)F)nc2)cc(-c2ccc(Cl)c(Cl)c2)c1O.Cl. The molecule has 3 aromatic rings. The largest absolute Gasteiger partial charge is 0.507 e. The normalized spacial score (nSPS) is 11.9. The highest BCUT2D eigenvalue weighted by Gasteiger charge is 2.32. The van der Waals surface area contributed by atoms with Gasteiger partial charge in [-0.05, 0) is 62.2 Å². The number of phenolic OH excluding ortho intramolecular Hbond substituents is 1. The molecule has 1 heterocycles. The van der Waals surface area contributed by atoms with Gasteiger partial charge in [-0.15, -0.1) is 12.4 Å². The highest BCUT2D eigenvalue weighted by Crippen LogP contribution is 2.39. The Bertz CT molecular complexity index is 1100. The fraction of sp³-hybridized carbons (Fsp3) is 0.261. The highest BCUT2D eigenvalue weighted by atomic mass is 35.5. The molecule has 3 rings (SSSR count). The zero-order valence-electron chi connectivity index (χ0n) is 17.5. The van der Waals surface area contributed by atoms with Crippen molar-refractivity contribution in [2.24, 2.45) is 0 Å². The lowest BCUT2D eigenvalue weighted by molar-refractivity contribution is -0.141. The predicted molar refractivity (Wildman–Crippen MR) is 126 cm³/mol. The van der Waals surface area contributed by atoms with E-state index >= 15 is 0 Å². The van der Waals surface area contributed by atoms with Gasteiger partial charge in [0.15, 0.2) is 0 Å². The number of nitrogens with one attached hydrogen (secondary N) is 1. The standard InChI is InChI=1S/C23H21Cl2F3N2O.ClH/c1-22(2,3)30-12-16-8-15(14-5-7-20(29-11-14)23(26,27)28)9-17(21(16)31)13-4-6-18(24)19(25)10-13;/h4-11,30-31H,12H2,1-3H3;1H. The van der Waals surface area contributed by atoms with E-state index in [9.17, 15) is 18.3 Å². The molecule has 0 saturated carbocycles. The summed E-state index contributed by atoms with van der Waals surface area (Å²) in [5, 5.41) is 15.0. The van der Waals surface area contributed by atoms with Crippen molar-refractivity contribution in [3.63, 3.8) is 0 Å². The second-order valence-corrected chi connectivity index (χ2v) is 9.01. The minimum Gasteiger partial charge on any atom is -0.507 e. The van der Waals surface area contributed by atoms with Crippen LogP contribution in [0.5, 0.6) is 5.75 Å². The molecule has 0 aliphatic carbocycles. The van der Waals surface area contributed by atoms with Crippen LogP contribution in [-0.2, 0) is 12.7 Å². The Morgan fingerprint density at radius 3 is 2.09 bits per heavy atom. The fourth-order valence-corrected chi connectivity index (χ4v) is 3.27. The molecule has 0 unspecified atom stereocenters. The first-order valence-electron chi connectivity index (χ1n) is 9.45. The first-order valence-corrected chi connectivity index (χ1v) is 10.2. The Morgan fingerprint density at radius 2 is 1.56 bits per heavy atom. The summed E-state index contributed by atoms with van der Waals surface area (Å²) in [6, 6.07) is 10.7. The monoisotopic (exact) mass is 504 g/mol. The second-order valence-electron chi connectivity index (χ2n) is 8.19. The summed E-state index contributed by atoms with van der Waals surface area (Å²) in [4.78, 5) is 3.55. The first-order chi connectivity index (χ1) is 14.3. The van der Waals surface area contributed by atoms with Gasteiger partial charge in [-0.3, -0.25) is 4.98 Å². The van der Waals surface area contributed by atoms with Crippen molar-refractivity contribution in [1.82, 2.24) is 10.3 Å². The van der Waals surface area contributed by atoms with Gasteiger partial charge in [0.2, 0.25) is 0 Å². The number of phenols is 1. The van der Waals surface area contributed by atoms with Crippen LogP contribution in [0.1, 0.15) is 32.0 Å². The van der Waals surface area contributed by atoms with E-state index in [2.05, 4.69) is 10.3 Å². The molecular weight excluding hydrogens is 484 g/mol. The van der Waals surface area contributed by atoms with E-state index in [-0.39, 0.29) is 23.7 Å². The van der Waals surface area contributed by atoms with Gasteiger partial charge in [-0.2, -0.15) is 13.2 Å². The van der Waals surface area contributed by atoms with Gasteiger partial charge < -0.3 is 10.4 Å². The van der Waals surface area contributed by atoms with Crippen LogP contribution in [-0.4, -0.2) is 15.6 Å². The van der Waals surface area contributed by atoms with Crippen molar-refractivity contribution in [2.75, 3.05) is 0 Å². The zero-order valence-corrected chi connectivity index (χ0v) is 19.8. The van der Waals surface area contributed by atoms with Gasteiger partial charge in [0.25, 0.3) is 0 Å². The Kier molecular flexibility index (Phi) is 8.10. The molecule has 0 spiro atoms. The van der Waals surface area contributed by atoms with Gasteiger partial charge in [0, 0.05) is 35.0 Å². The third kappa shape index (κ3) is 6.29. The molecule has 0 atom stereocenters. The number of nitrogens with zero attached hydrogens (tertiary/aromatic N) is 1. The molecule has 0 aliphatic rings. The Balaban J connectivity index is 0.00000363. The number of benzene rings is 2. The predicted octanol–water partition coefficient (Wildman–Crippen LogP) is 7.76. The van der Waals surface area contributed by atoms with E-state index in [4.69, 9.17) is 23.2 Å². The molecular formula is C23H22Cl3F3N2O. The molecule has 1 aromatic heterocycles. The second kappa shape index (κ2) is 9.87. The number of alkyl halides is 3. The van der Waals surface area contributed by atoms with Gasteiger partial charge >= 0.3 is 6.18 Å². The van der Waals surface area contributed by atoms with Crippen LogP contribution >= 0.6 is 35.6 Å². The van der Waals surface area contributed by atoms with E-state index in [0.29, 0.717) is 44.4 Å². The lowest BCUT2D eigenvalue weighted by Gasteiger charge is -2.22. The van der Waals surface area contributed by atoms with Crippen molar-refractivity contribution in [2.45, 2.75) is 39.0 Å². The van der Waals surface area contributed by atoms with Gasteiger partial charge in [-0.25, -0.2) is 0 Å². The van der Waals surface area contributed by atoms with Crippen LogP contribution in [0.25, 0.3) is 22.3 Å². The molecule has 3 nitrogen and oxygen atoms in total. The Morgan fingerprint density at radius 1 is 0.906 bits per heavy atom. The molecule has 0 radical (unpaired) electrons. The van der Waals surface area contributed by atoms with Crippen LogP contribution in [0.3, 0.4) is 0 Å². The molecule has 172 valence electrons. The van der Waals surface area contributed by atoms with Crippen molar-refractivity contribution in [1.29, 1.82) is 0 Å². The summed E-state index contributed by atoms with van der Waals surface area (Å²) >= 11 is 12.2. The quantitative estimate of drug-likeness (QED) is 0.381. The van der Waals surface area contributed by atoms with Gasteiger partial charge in [0.05, 0.1) is 10.0 Å². The zero-order chi connectivity index (χ0) is 23.0. The highest BCUT2D eigenvalue weighted by molar-refractivity contribution is 6.42. The summed E-state index contributed by atoms with van der Waals surface area (Å²) in [7, 11) is 0. The number of aromatic hydroxyl groups is 1. The molecule has 2 N–H and O–H groups in total. The Hall–Kier alpha value is -1.99. The maximum absolute atomic E-state index is 12.9. The summed E-state index contributed by atoms with van der Waals surface area (Å²) < 4.78 is 38.6. The minimum atomic E-state index is -4.51. The third-order valence-corrected chi connectivity index (χ3v) is 5.35. The lowest BCUT2D eigenvalue weighted by atomic mass is 9.95. The number of rotatable bonds is 4. The van der Waals surface area contributed by atoms with Crippen molar-refractivity contribution in [3.05, 3.63) is 70.0 Å². The average molecular weight is 506 g/mol. The molecule has 9 heteroatoms. The summed E-state index contributed by atoms with van der Waals surface area (Å²) in [5.41, 5.74) is 1.65. The van der Waals surface area contributed by atoms with Crippen LogP contribution < -0.4 is 5.32 Å². The number of halogens is 6. The maximum Gasteiger partial charge on any atom is 0.433 e. The van der Waals surface area contributed by atoms with Crippen LogP contribution in [0.4, 0.5) is 13.2 Å². The van der Waals surface area contributed by atoms with E-state index in [0.717, 1.165) is 6.07 Å². The smallest absolute Gasteiger partial charge is 0.433 e. The third-order valence-electron chi connectivity index (χ3n) is 4.62. The van der Waals surface area contributed by atoms with Crippen molar-refractivity contribution < 1.29 is 18.3 Å². The number of hydrogen-bond donors (Lipinski definition) is 2. The molecule has 2 aromatic carbocycles. The molecule has 0 saturated heterocycles. The maximum atomic E-state index is 12.9. The fourth-order valence-electron chi connectivity index (χ4n) is 2.97. The minimum absolute atomic E-state index is 0. The van der Waals surface area contributed by atoms with E-state index < -0.39 is 11.9 Å².